The van der Waals surface area contributed by atoms with E-state index in [1.165, 1.54) is 54.8 Å². The maximum absolute atomic E-state index is 2.41. The van der Waals surface area contributed by atoms with E-state index < -0.39 is 0 Å². The molecule has 0 aliphatic rings. The molecule has 0 aliphatic carbocycles. The van der Waals surface area contributed by atoms with Gasteiger partial charge in [0.2, 0.25) is 0 Å². The molecule has 0 saturated carbocycles. The van der Waals surface area contributed by atoms with Crippen LogP contribution in [0.25, 0.3) is 54.8 Å². The molecule has 1 nitrogen and oxygen atoms in total. The predicted molar refractivity (Wildman–Crippen MR) is 133 cm³/mol. The Hall–Kier alpha value is -3.84. The van der Waals surface area contributed by atoms with Gasteiger partial charge in [-0.05, 0) is 58.1 Å². The van der Waals surface area contributed by atoms with Gasteiger partial charge in [-0.3, -0.25) is 0 Å². The second-order valence-electron chi connectivity index (χ2n) is 8.07. The van der Waals surface area contributed by atoms with E-state index in [0.29, 0.717) is 0 Å². The number of para-hydroxylation sites is 1. The topological polar surface area (TPSA) is 4.93 Å². The fourth-order valence-electron chi connectivity index (χ4n) is 5.00. The zero-order chi connectivity index (χ0) is 20.8. The zero-order valence-corrected chi connectivity index (χ0v) is 17.5. The van der Waals surface area contributed by atoms with Gasteiger partial charge in [0.1, 0.15) is 0 Å². The summed E-state index contributed by atoms with van der Waals surface area (Å²) in [6.45, 7) is 3.19. The monoisotopic (exact) mass is 397 g/mol. The Bertz CT molecular complexity index is 1550. The average Bonchev–Trinajstić information content (AvgIpc) is 3.17. The molecule has 1 heterocycles. The standard InChI is InChI=1S/C30H23N/c1-2-31-28-17-7-6-14-26(28)27-20-23(18-19-29(27)31)25-16-9-13-22-12-8-15-24(30(22)25)21-10-4-3-5-11-21/h3-20H,2H2,1H3. The van der Waals surface area contributed by atoms with Crippen molar-refractivity contribution >= 4 is 32.6 Å². The number of aromatic nitrogens is 1. The summed E-state index contributed by atoms with van der Waals surface area (Å²) in [5.74, 6) is 0. The largest absolute Gasteiger partial charge is 0.341 e. The van der Waals surface area contributed by atoms with Gasteiger partial charge in [0.25, 0.3) is 0 Å². The molecule has 0 radical (unpaired) electrons. The molecule has 148 valence electrons. The van der Waals surface area contributed by atoms with Crippen LogP contribution in [0.5, 0.6) is 0 Å². The summed E-state index contributed by atoms with van der Waals surface area (Å²) in [6.07, 6.45) is 0. The van der Waals surface area contributed by atoms with Gasteiger partial charge in [0, 0.05) is 28.4 Å². The third-order valence-electron chi connectivity index (χ3n) is 6.39. The van der Waals surface area contributed by atoms with Crippen LogP contribution in [0.4, 0.5) is 0 Å². The van der Waals surface area contributed by atoms with Crippen molar-refractivity contribution in [3.05, 3.63) is 109 Å². The van der Waals surface area contributed by atoms with Gasteiger partial charge in [0.05, 0.1) is 0 Å². The predicted octanol–water partition coefficient (Wildman–Crippen LogP) is 8.30. The van der Waals surface area contributed by atoms with Gasteiger partial charge in [-0.15, -0.1) is 0 Å². The van der Waals surface area contributed by atoms with Crippen molar-refractivity contribution in [3.8, 4) is 22.3 Å². The van der Waals surface area contributed by atoms with Crippen LogP contribution < -0.4 is 0 Å². The van der Waals surface area contributed by atoms with Crippen molar-refractivity contribution in [2.45, 2.75) is 13.5 Å². The number of nitrogens with zero attached hydrogens (tertiary/aromatic N) is 1. The van der Waals surface area contributed by atoms with Crippen LogP contribution >= 0.6 is 0 Å². The number of hydrogen-bond donors (Lipinski definition) is 0. The highest BCUT2D eigenvalue weighted by molar-refractivity contribution is 6.12. The van der Waals surface area contributed by atoms with Crippen LogP contribution in [0.1, 0.15) is 6.92 Å². The highest BCUT2D eigenvalue weighted by Crippen LogP contribution is 2.39. The minimum atomic E-state index is 0.968. The van der Waals surface area contributed by atoms with Crippen LogP contribution in [0.15, 0.2) is 109 Å². The Labute approximate surface area is 182 Å². The maximum atomic E-state index is 2.41. The van der Waals surface area contributed by atoms with Crippen LogP contribution in [0.2, 0.25) is 0 Å². The van der Waals surface area contributed by atoms with Crippen molar-refractivity contribution in [1.29, 1.82) is 0 Å². The number of fused-ring (bicyclic) bond motifs is 4. The Kier molecular flexibility index (Phi) is 4.14. The summed E-state index contributed by atoms with van der Waals surface area (Å²) in [5, 5.41) is 5.23. The van der Waals surface area contributed by atoms with Gasteiger partial charge < -0.3 is 4.57 Å². The van der Waals surface area contributed by atoms with Gasteiger partial charge in [0.15, 0.2) is 0 Å². The molecule has 0 spiro atoms. The summed E-state index contributed by atoms with van der Waals surface area (Å²) in [6, 6.07) is 39.6. The second-order valence-corrected chi connectivity index (χ2v) is 8.07. The van der Waals surface area contributed by atoms with Crippen molar-refractivity contribution in [3.63, 3.8) is 0 Å². The molecule has 0 N–H and O–H groups in total. The molecule has 0 bridgehead atoms. The van der Waals surface area contributed by atoms with E-state index in [1.807, 2.05) is 0 Å². The summed E-state index contributed by atoms with van der Waals surface area (Å²) < 4.78 is 2.41. The molecule has 6 aromatic rings. The Morgan fingerprint density at radius 1 is 0.548 bits per heavy atom. The van der Waals surface area contributed by atoms with Gasteiger partial charge in [-0.2, -0.15) is 0 Å². The van der Waals surface area contributed by atoms with Gasteiger partial charge in [-0.25, -0.2) is 0 Å². The quantitative estimate of drug-likeness (QED) is 0.283. The van der Waals surface area contributed by atoms with E-state index in [1.54, 1.807) is 0 Å². The average molecular weight is 398 g/mol. The van der Waals surface area contributed by atoms with E-state index in [-0.39, 0.29) is 0 Å². The second kappa shape index (κ2) is 7.14. The van der Waals surface area contributed by atoms with Crippen LogP contribution in [0.3, 0.4) is 0 Å². The lowest BCUT2D eigenvalue weighted by Crippen LogP contribution is -1.92. The van der Waals surface area contributed by atoms with Crippen LogP contribution in [0, 0.1) is 0 Å². The lowest BCUT2D eigenvalue weighted by molar-refractivity contribution is 0.827. The number of benzene rings is 5. The number of hydrogen-bond acceptors (Lipinski definition) is 0. The molecule has 0 unspecified atom stereocenters. The summed E-state index contributed by atoms with van der Waals surface area (Å²) in [4.78, 5) is 0. The van der Waals surface area contributed by atoms with Crippen molar-refractivity contribution < 1.29 is 0 Å². The zero-order valence-electron chi connectivity index (χ0n) is 17.5. The number of aryl methyl sites for hydroxylation is 1. The normalized spacial score (nSPS) is 11.5. The van der Waals surface area contributed by atoms with Crippen molar-refractivity contribution in [1.82, 2.24) is 4.57 Å². The third-order valence-corrected chi connectivity index (χ3v) is 6.39. The van der Waals surface area contributed by atoms with Crippen LogP contribution in [-0.2, 0) is 6.54 Å². The molecule has 1 aromatic heterocycles. The molecular formula is C30H23N. The Balaban J connectivity index is 1.67. The molecule has 0 amide bonds. The SMILES string of the molecule is CCn1c2ccccc2c2cc(-c3cccc4cccc(-c5ccccc5)c34)ccc21. The van der Waals surface area contributed by atoms with Crippen LogP contribution in [-0.4, -0.2) is 4.57 Å². The lowest BCUT2D eigenvalue weighted by atomic mass is 9.91. The highest BCUT2D eigenvalue weighted by atomic mass is 15.0. The number of rotatable bonds is 3. The van der Waals surface area contributed by atoms with E-state index in [2.05, 4.69) is 121 Å². The minimum absolute atomic E-state index is 0.968. The maximum Gasteiger partial charge on any atom is 0.0491 e. The molecule has 0 saturated heterocycles. The third kappa shape index (κ3) is 2.78. The highest BCUT2D eigenvalue weighted by Gasteiger charge is 2.13. The van der Waals surface area contributed by atoms with Crippen molar-refractivity contribution in [2.75, 3.05) is 0 Å². The molecule has 5 aromatic carbocycles. The Morgan fingerprint density at radius 2 is 1.23 bits per heavy atom. The van der Waals surface area contributed by atoms with Gasteiger partial charge in [-0.1, -0.05) is 91.0 Å². The molecule has 1 heteroatoms. The molecule has 31 heavy (non-hydrogen) atoms. The van der Waals surface area contributed by atoms with Crippen molar-refractivity contribution in [2.24, 2.45) is 0 Å². The first-order valence-electron chi connectivity index (χ1n) is 10.9. The smallest absolute Gasteiger partial charge is 0.0491 e. The molecule has 6 rings (SSSR count). The summed E-state index contributed by atoms with van der Waals surface area (Å²) in [5.41, 5.74) is 7.69. The fraction of sp³-hybridized carbons (Fsp3) is 0.0667. The molecule has 0 aliphatic heterocycles. The fourth-order valence-corrected chi connectivity index (χ4v) is 5.00. The van der Waals surface area contributed by atoms with Gasteiger partial charge >= 0.3 is 0 Å². The molecule has 0 atom stereocenters. The molecular weight excluding hydrogens is 374 g/mol. The summed E-state index contributed by atoms with van der Waals surface area (Å²) >= 11 is 0. The first-order chi connectivity index (χ1) is 15.3. The van der Waals surface area contributed by atoms with E-state index in [9.17, 15) is 0 Å². The van der Waals surface area contributed by atoms with E-state index in [0.717, 1.165) is 6.54 Å². The lowest BCUT2D eigenvalue weighted by Gasteiger charge is -2.13. The summed E-state index contributed by atoms with van der Waals surface area (Å²) in [7, 11) is 0. The van der Waals surface area contributed by atoms with E-state index >= 15 is 0 Å². The Morgan fingerprint density at radius 3 is 2.00 bits per heavy atom. The van der Waals surface area contributed by atoms with E-state index in [4.69, 9.17) is 0 Å². The first kappa shape index (κ1) is 18.0. The molecule has 0 fully saturated rings. The first-order valence-corrected chi connectivity index (χ1v) is 10.9. The minimum Gasteiger partial charge on any atom is -0.341 e.